The SMILES string of the molecule is COC(=O)c1ccc(/C(=N/c2ccccc2)N2CCN(CCc3cccs3)CC2)cc1. The van der Waals surface area contributed by atoms with E-state index < -0.39 is 0 Å². The highest BCUT2D eigenvalue weighted by Gasteiger charge is 2.21. The van der Waals surface area contributed by atoms with E-state index in [1.54, 1.807) is 12.1 Å². The second kappa shape index (κ2) is 10.4. The second-order valence-corrected chi connectivity index (χ2v) is 8.53. The van der Waals surface area contributed by atoms with Crippen LogP contribution in [0.2, 0.25) is 0 Å². The number of hydrogen-bond acceptors (Lipinski definition) is 5. The van der Waals surface area contributed by atoms with Crippen molar-refractivity contribution in [3.05, 3.63) is 88.1 Å². The Labute approximate surface area is 187 Å². The number of rotatable bonds is 6. The zero-order valence-electron chi connectivity index (χ0n) is 17.7. The average molecular weight is 434 g/mol. The number of methoxy groups -OCH3 is 1. The van der Waals surface area contributed by atoms with Crippen LogP contribution >= 0.6 is 11.3 Å². The molecule has 5 nitrogen and oxygen atoms in total. The molecule has 0 N–H and O–H groups in total. The van der Waals surface area contributed by atoms with Crippen molar-refractivity contribution in [2.24, 2.45) is 4.99 Å². The minimum absolute atomic E-state index is 0.326. The predicted octanol–water partition coefficient (Wildman–Crippen LogP) is 4.47. The van der Waals surface area contributed by atoms with Gasteiger partial charge in [-0.2, -0.15) is 0 Å². The fraction of sp³-hybridized carbons (Fsp3) is 0.280. The number of carbonyl (C=O) groups is 1. The molecule has 0 spiro atoms. The number of benzene rings is 2. The van der Waals surface area contributed by atoms with Crippen LogP contribution in [0, 0.1) is 0 Å². The van der Waals surface area contributed by atoms with Gasteiger partial charge in [0.05, 0.1) is 18.4 Å². The highest BCUT2D eigenvalue weighted by Crippen LogP contribution is 2.18. The molecule has 2 heterocycles. The topological polar surface area (TPSA) is 45.1 Å². The van der Waals surface area contributed by atoms with Crippen molar-refractivity contribution < 1.29 is 9.53 Å². The molecule has 1 saturated heterocycles. The standard InChI is InChI=1S/C25H27N3O2S/c1-30-25(29)21-11-9-20(10-12-21)24(26-22-6-3-2-4-7-22)28-17-15-27(16-18-28)14-13-23-8-5-19-31-23/h2-12,19H,13-18H2,1H3/b26-24-. The zero-order chi connectivity index (χ0) is 21.5. The molecule has 4 rings (SSSR count). The second-order valence-electron chi connectivity index (χ2n) is 7.50. The Morgan fingerprint density at radius 2 is 1.65 bits per heavy atom. The molecule has 0 bridgehead atoms. The van der Waals surface area contributed by atoms with Gasteiger partial charge in [-0.15, -0.1) is 11.3 Å². The molecule has 0 atom stereocenters. The van der Waals surface area contributed by atoms with Crippen LogP contribution in [0.4, 0.5) is 5.69 Å². The van der Waals surface area contributed by atoms with E-state index >= 15 is 0 Å². The van der Waals surface area contributed by atoms with Crippen molar-refractivity contribution in [1.82, 2.24) is 9.80 Å². The van der Waals surface area contributed by atoms with Crippen molar-refractivity contribution in [1.29, 1.82) is 0 Å². The highest BCUT2D eigenvalue weighted by atomic mass is 32.1. The third-order valence-electron chi connectivity index (χ3n) is 5.48. The van der Waals surface area contributed by atoms with Crippen molar-refractivity contribution >= 4 is 28.8 Å². The maximum atomic E-state index is 11.8. The van der Waals surface area contributed by atoms with Gasteiger partial charge in [0.25, 0.3) is 0 Å². The molecule has 0 aliphatic carbocycles. The first kappa shape index (κ1) is 21.3. The largest absolute Gasteiger partial charge is 0.465 e. The van der Waals surface area contributed by atoms with Gasteiger partial charge < -0.3 is 9.64 Å². The Hall–Kier alpha value is -2.96. The van der Waals surface area contributed by atoms with Crippen LogP contribution in [0.5, 0.6) is 0 Å². The summed E-state index contributed by atoms with van der Waals surface area (Å²) in [6, 6.07) is 21.9. The van der Waals surface area contributed by atoms with E-state index in [0.717, 1.165) is 56.2 Å². The lowest BCUT2D eigenvalue weighted by molar-refractivity contribution is 0.0600. The Morgan fingerprint density at radius 1 is 0.935 bits per heavy atom. The maximum Gasteiger partial charge on any atom is 0.337 e. The van der Waals surface area contributed by atoms with Crippen LogP contribution in [0.25, 0.3) is 0 Å². The molecule has 1 aromatic heterocycles. The zero-order valence-corrected chi connectivity index (χ0v) is 18.6. The number of hydrogen-bond donors (Lipinski definition) is 0. The first-order valence-electron chi connectivity index (χ1n) is 10.5. The summed E-state index contributed by atoms with van der Waals surface area (Å²) in [5.74, 6) is 0.618. The van der Waals surface area contributed by atoms with E-state index in [9.17, 15) is 4.79 Å². The fourth-order valence-electron chi connectivity index (χ4n) is 3.72. The number of nitrogens with zero attached hydrogens (tertiary/aromatic N) is 3. The molecule has 2 aromatic carbocycles. The van der Waals surface area contributed by atoms with Gasteiger partial charge >= 0.3 is 5.97 Å². The van der Waals surface area contributed by atoms with E-state index in [0.29, 0.717) is 5.56 Å². The van der Waals surface area contributed by atoms with Gasteiger partial charge in [0.1, 0.15) is 5.84 Å². The molecule has 1 fully saturated rings. The number of aliphatic imine (C=N–C) groups is 1. The molecule has 6 heteroatoms. The number of amidine groups is 1. The number of esters is 1. The minimum Gasteiger partial charge on any atom is -0.465 e. The Kier molecular flexibility index (Phi) is 7.12. The number of piperazine rings is 1. The van der Waals surface area contributed by atoms with E-state index in [2.05, 4.69) is 27.3 Å². The summed E-state index contributed by atoms with van der Waals surface area (Å²) in [6.07, 6.45) is 1.11. The van der Waals surface area contributed by atoms with Crippen LogP contribution in [-0.2, 0) is 11.2 Å². The summed E-state index contributed by atoms with van der Waals surface area (Å²) >= 11 is 1.83. The summed E-state index contributed by atoms with van der Waals surface area (Å²) in [6.45, 7) is 4.97. The van der Waals surface area contributed by atoms with Crippen LogP contribution in [0.15, 0.2) is 77.1 Å². The lowest BCUT2D eigenvalue weighted by Crippen LogP contribution is -2.49. The molecule has 1 aliphatic heterocycles. The number of ether oxygens (including phenoxy) is 1. The number of para-hydroxylation sites is 1. The summed E-state index contributed by atoms with van der Waals surface area (Å²) in [5.41, 5.74) is 2.47. The summed E-state index contributed by atoms with van der Waals surface area (Å²) in [7, 11) is 1.40. The van der Waals surface area contributed by atoms with E-state index in [4.69, 9.17) is 9.73 Å². The van der Waals surface area contributed by atoms with Crippen LogP contribution in [0.1, 0.15) is 20.8 Å². The highest BCUT2D eigenvalue weighted by molar-refractivity contribution is 7.09. The Balaban J connectivity index is 1.49. The number of carbonyl (C=O) groups excluding carboxylic acids is 1. The lowest BCUT2D eigenvalue weighted by Gasteiger charge is -2.36. The van der Waals surface area contributed by atoms with Crippen molar-refractivity contribution in [3.8, 4) is 0 Å². The van der Waals surface area contributed by atoms with Gasteiger partial charge in [0.2, 0.25) is 0 Å². The first-order valence-corrected chi connectivity index (χ1v) is 11.4. The molecule has 0 unspecified atom stereocenters. The fourth-order valence-corrected chi connectivity index (χ4v) is 4.42. The Bertz CT molecular complexity index is 993. The quantitative estimate of drug-likeness (QED) is 0.327. The van der Waals surface area contributed by atoms with Gasteiger partial charge in [-0.3, -0.25) is 4.90 Å². The van der Waals surface area contributed by atoms with Gasteiger partial charge in [-0.25, -0.2) is 9.79 Å². The van der Waals surface area contributed by atoms with Gasteiger partial charge in [0.15, 0.2) is 0 Å². The normalized spacial score (nSPS) is 15.1. The third kappa shape index (κ3) is 5.60. The molecule has 0 amide bonds. The summed E-state index contributed by atoms with van der Waals surface area (Å²) in [5, 5.41) is 2.14. The van der Waals surface area contributed by atoms with Gasteiger partial charge in [0, 0.05) is 43.2 Å². The van der Waals surface area contributed by atoms with Crippen molar-refractivity contribution in [2.45, 2.75) is 6.42 Å². The van der Waals surface area contributed by atoms with E-state index in [1.807, 2.05) is 53.8 Å². The third-order valence-corrected chi connectivity index (χ3v) is 6.42. The van der Waals surface area contributed by atoms with Crippen molar-refractivity contribution in [3.63, 3.8) is 0 Å². The molecule has 31 heavy (non-hydrogen) atoms. The molecule has 3 aromatic rings. The van der Waals surface area contributed by atoms with Crippen LogP contribution in [0.3, 0.4) is 0 Å². The Morgan fingerprint density at radius 3 is 2.29 bits per heavy atom. The van der Waals surface area contributed by atoms with Gasteiger partial charge in [-0.05, 0) is 42.1 Å². The first-order chi connectivity index (χ1) is 15.2. The molecular weight excluding hydrogens is 406 g/mol. The maximum absolute atomic E-state index is 11.8. The van der Waals surface area contributed by atoms with Crippen molar-refractivity contribution in [2.75, 3.05) is 39.8 Å². The molecular formula is C25H27N3O2S. The van der Waals surface area contributed by atoms with Crippen LogP contribution < -0.4 is 0 Å². The minimum atomic E-state index is -0.326. The smallest absolute Gasteiger partial charge is 0.337 e. The molecule has 1 aliphatic rings. The number of thiophene rings is 1. The summed E-state index contributed by atoms with van der Waals surface area (Å²) in [4.78, 5) is 23.1. The summed E-state index contributed by atoms with van der Waals surface area (Å²) < 4.78 is 4.83. The molecule has 0 saturated carbocycles. The predicted molar refractivity (Wildman–Crippen MR) is 126 cm³/mol. The van der Waals surface area contributed by atoms with Crippen LogP contribution in [-0.4, -0.2) is 61.4 Å². The van der Waals surface area contributed by atoms with E-state index in [1.165, 1.54) is 12.0 Å². The molecule has 0 radical (unpaired) electrons. The monoisotopic (exact) mass is 433 g/mol. The average Bonchev–Trinajstić information content (AvgIpc) is 3.36. The van der Waals surface area contributed by atoms with E-state index in [-0.39, 0.29) is 5.97 Å². The molecule has 160 valence electrons. The lowest BCUT2D eigenvalue weighted by atomic mass is 10.1. The van der Waals surface area contributed by atoms with Gasteiger partial charge in [-0.1, -0.05) is 36.4 Å².